The number of hydrogen-bond donors (Lipinski definition) is 2. The number of fused-ring (bicyclic) bond motifs is 1. The summed E-state index contributed by atoms with van der Waals surface area (Å²) in [7, 11) is 0. The largest absolute Gasteiger partial charge is 0.459 e. The molecular weight excluding hydrogens is 304 g/mol. The van der Waals surface area contributed by atoms with Crippen LogP contribution in [0.15, 0.2) is 65.3 Å². The minimum absolute atomic E-state index is 0.0717. The van der Waals surface area contributed by atoms with Gasteiger partial charge in [-0.25, -0.2) is 0 Å². The second-order valence-corrected chi connectivity index (χ2v) is 5.44. The predicted molar refractivity (Wildman–Crippen MR) is 91.7 cm³/mol. The van der Waals surface area contributed by atoms with Crippen molar-refractivity contribution in [3.8, 4) is 0 Å². The number of nitrogens with one attached hydrogen (secondary N) is 2. The number of carbonyl (C=O) groups excluding carboxylic acids is 2. The van der Waals surface area contributed by atoms with Crippen LogP contribution < -0.4 is 10.6 Å². The van der Waals surface area contributed by atoms with Gasteiger partial charge in [-0.15, -0.1) is 0 Å². The van der Waals surface area contributed by atoms with Crippen molar-refractivity contribution in [3.05, 3.63) is 72.2 Å². The minimum atomic E-state index is -0.288. The van der Waals surface area contributed by atoms with E-state index in [0.717, 1.165) is 16.3 Å². The molecule has 0 saturated heterocycles. The molecule has 0 atom stereocenters. The first-order chi connectivity index (χ1) is 11.7. The quantitative estimate of drug-likeness (QED) is 0.685. The fourth-order valence-corrected chi connectivity index (χ4v) is 2.47. The molecule has 2 amide bonds. The Balaban J connectivity index is 1.44. The second-order valence-electron chi connectivity index (χ2n) is 5.44. The van der Waals surface area contributed by atoms with E-state index in [2.05, 4.69) is 10.6 Å². The third-order valence-electron chi connectivity index (χ3n) is 3.66. The highest BCUT2D eigenvalue weighted by molar-refractivity contribution is 5.91. The lowest BCUT2D eigenvalue weighted by molar-refractivity contribution is -0.120. The smallest absolute Gasteiger partial charge is 0.287 e. The lowest BCUT2D eigenvalue weighted by Gasteiger charge is -2.07. The van der Waals surface area contributed by atoms with E-state index in [-0.39, 0.29) is 17.6 Å². The standard InChI is InChI=1S/C19H18N2O3/c22-18(20-9-10-21-19(23)17-6-3-11-24-17)13-14-7-8-15-4-1-2-5-16(15)12-14/h1-8,11-12H,9-10,13H2,(H,20,22)(H,21,23). The molecule has 1 aromatic heterocycles. The Bertz CT molecular complexity index is 841. The third-order valence-corrected chi connectivity index (χ3v) is 3.66. The second kappa shape index (κ2) is 7.46. The summed E-state index contributed by atoms with van der Waals surface area (Å²) < 4.78 is 4.99. The number of amides is 2. The van der Waals surface area contributed by atoms with Crippen LogP contribution in [0.5, 0.6) is 0 Å². The zero-order valence-corrected chi connectivity index (χ0v) is 13.1. The number of hydrogen-bond acceptors (Lipinski definition) is 3. The first-order valence-corrected chi connectivity index (χ1v) is 7.78. The number of carbonyl (C=O) groups is 2. The van der Waals surface area contributed by atoms with Crippen molar-refractivity contribution in [1.29, 1.82) is 0 Å². The average molecular weight is 322 g/mol. The molecule has 0 bridgehead atoms. The maximum absolute atomic E-state index is 12.0. The third kappa shape index (κ3) is 4.01. The van der Waals surface area contributed by atoms with E-state index in [4.69, 9.17) is 4.42 Å². The van der Waals surface area contributed by atoms with Crippen molar-refractivity contribution >= 4 is 22.6 Å². The van der Waals surface area contributed by atoms with Crippen molar-refractivity contribution in [2.24, 2.45) is 0 Å². The van der Waals surface area contributed by atoms with Gasteiger partial charge in [0.1, 0.15) is 0 Å². The molecule has 0 fully saturated rings. The fourth-order valence-electron chi connectivity index (χ4n) is 2.47. The summed E-state index contributed by atoms with van der Waals surface area (Å²) in [5, 5.41) is 7.75. The molecule has 3 rings (SSSR count). The van der Waals surface area contributed by atoms with Crippen LogP contribution in [-0.4, -0.2) is 24.9 Å². The molecule has 0 aliphatic heterocycles. The Labute approximate surface area is 139 Å². The van der Waals surface area contributed by atoms with Gasteiger partial charge in [0.05, 0.1) is 12.7 Å². The maximum atomic E-state index is 12.0. The lowest BCUT2D eigenvalue weighted by atomic mass is 10.1. The van der Waals surface area contributed by atoms with Crippen LogP contribution in [0, 0.1) is 0 Å². The van der Waals surface area contributed by atoms with Crippen LogP contribution in [0.4, 0.5) is 0 Å². The van der Waals surface area contributed by atoms with E-state index in [9.17, 15) is 9.59 Å². The van der Waals surface area contributed by atoms with E-state index >= 15 is 0 Å². The molecule has 5 heteroatoms. The van der Waals surface area contributed by atoms with Gasteiger partial charge in [0.25, 0.3) is 5.91 Å². The average Bonchev–Trinajstić information content (AvgIpc) is 3.13. The Morgan fingerprint density at radius 3 is 2.46 bits per heavy atom. The lowest BCUT2D eigenvalue weighted by Crippen LogP contribution is -2.35. The van der Waals surface area contributed by atoms with E-state index in [1.54, 1.807) is 12.1 Å². The Kier molecular flexibility index (Phi) is 4.91. The molecular formula is C19H18N2O3. The van der Waals surface area contributed by atoms with E-state index in [0.29, 0.717) is 19.5 Å². The summed E-state index contributed by atoms with van der Waals surface area (Å²) in [6.45, 7) is 0.724. The highest BCUT2D eigenvalue weighted by Gasteiger charge is 2.08. The van der Waals surface area contributed by atoms with Gasteiger partial charge >= 0.3 is 0 Å². The van der Waals surface area contributed by atoms with Crippen LogP contribution in [0.25, 0.3) is 10.8 Å². The van der Waals surface area contributed by atoms with E-state index in [1.165, 1.54) is 6.26 Å². The van der Waals surface area contributed by atoms with Gasteiger partial charge in [0.2, 0.25) is 5.91 Å². The van der Waals surface area contributed by atoms with Crippen LogP contribution >= 0.6 is 0 Å². The van der Waals surface area contributed by atoms with Crippen molar-refractivity contribution in [3.63, 3.8) is 0 Å². The zero-order valence-electron chi connectivity index (χ0n) is 13.1. The molecule has 1 heterocycles. The zero-order chi connectivity index (χ0) is 16.8. The Morgan fingerprint density at radius 1 is 0.875 bits per heavy atom. The summed E-state index contributed by atoms with van der Waals surface area (Å²) in [6, 6.07) is 17.3. The molecule has 5 nitrogen and oxygen atoms in total. The predicted octanol–water partition coefficient (Wildman–Crippen LogP) is 2.52. The van der Waals surface area contributed by atoms with Gasteiger partial charge in [0, 0.05) is 13.1 Å². The summed E-state index contributed by atoms with van der Waals surface area (Å²) in [5.41, 5.74) is 0.964. The molecule has 0 aliphatic carbocycles. The number of benzene rings is 2. The molecule has 24 heavy (non-hydrogen) atoms. The highest BCUT2D eigenvalue weighted by atomic mass is 16.3. The molecule has 122 valence electrons. The van der Waals surface area contributed by atoms with Gasteiger partial charge in [0.15, 0.2) is 5.76 Å². The summed E-state index contributed by atoms with van der Waals surface area (Å²) in [5.74, 6) is -0.0983. The fraction of sp³-hybridized carbons (Fsp3) is 0.158. The molecule has 0 unspecified atom stereocenters. The summed E-state index contributed by atoms with van der Waals surface area (Å²) in [6.07, 6.45) is 1.76. The topological polar surface area (TPSA) is 71.3 Å². The van der Waals surface area contributed by atoms with Gasteiger partial charge < -0.3 is 15.1 Å². The Morgan fingerprint density at radius 2 is 1.67 bits per heavy atom. The molecule has 0 aliphatic rings. The molecule has 2 aromatic carbocycles. The Hall–Kier alpha value is -3.08. The normalized spacial score (nSPS) is 10.5. The van der Waals surface area contributed by atoms with Crippen molar-refractivity contribution in [1.82, 2.24) is 10.6 Å². The van der Waals surface area contributed by atoms with Gasteiger partial charge in [-0.2, -0.15) is 0 Å². The van der Waals surface area contributed by atoms with Gasteiger partial charge in [-0.05, 0) is 28.5 Å². The van der Waals surface area contributed by atoms with Crippen LogP contribution in [-0.2, 0) is 11.2 Å². The SMILES string of the molecule is O=C(Cc1ccc2ccccc2c1)NCCNC(=O)c1ccco1. The number of furan rings is 1. The number of rotatable bonds is 6. The van der Waals surface area contributed by atoms with Crippen LogP contribution in [0.1, 0.15) is 16.1 Å². The van der Waals surface area contributed by atoms with Gasteiger partial charge in [-0.3, -0.25) is 9.59 Å². The molecule has 2 N–H and O–H groups in total. The molecule has 0 radical (unpaired) electrons. The monoisotopic (exact) mass is 322 g/mol. The van der Waals surface area contributed by atoms with E-state index in [1.807, 2.05) is 42.5 Å². The van der Waals surface area contributed by atoms with Crippen LogP contribution in [0.3, 0.4) is 0 Å². The van der Waals surface area contributed by atoms with Crippen molar-refractivity contribution < 1.29 is 14.0 Å². The molecule has 0 saturated carbocycles. The van der Waals surface area contributed by atoms with Crippen molar-refractivity contribution in [2.75, 3.05) is 13.1 Å². The van der Waals surface area contributed by atoms with Gasteiger partial charge in [-0.1, -0.05) is 42.5 Å². The van der Waals surface area contributed by atoms with Crippen molar-refractivity contribution in [2.45, 2.75) is 6.42 Å². The minimum Gasteiger partial charge on any atom is -0.459 e. The first kappa shape index (κ1) is 15.8. The highest BCUT2D eigenvalue weighted by Crippen LogP contribution is 2.15. The van der Waals surface area contributed by atoms with E-state index < -0.39 is 0 Å². The first-order valence-electron chi connectivity index (χ1n) is 7.78. The van der Waals surface area contributed by atoms with Crippen LogP contribution in [0.2, 0.25) is 0 Å². The molecule has 3 aromatic rings. The summed E-state index contributed by atoms with van der Waals surface area (Å²) in [4.78, 5) is 23.6. The molecule has 0 spiro atoms. The maximum Gasteiger partial charge on any atom is 0.287 e. The summed E-state index contributed by atoms with van der Waals surface area (Å²) >= 11 is 0.